The molecule has 0 radical (unpaired) electrons. The molecular weight excluding hydrogens is 374 g/mol. The zero-order valence-electron chi connectivity index (χ0n) is 16.1. The van der Waals surface area contributed by atoms with Crippen molar-refractivity contribution in [1.82, 2.24) is 20.4 Å². The predicted molar refractivity (Wildman–Crippen MR) is 110 cm³/mol. The molecule has 3 aliphatic heterocycles. The lowest BCUT2D eigenvalue weighted by Crippen LogP contribution is -2.53. The monoisotopic (exact) mass is 399 g/mol. The Morgan fingerprint density at radius 1 is 1.25 bits per heavy atom. The number of carbonyl (C=O) groups excluding carboxylic acids is 1. The Kier molecular flexibility index (Phi) is 4.46. The summed E-state index contributed by atoms with van der Waals surface area (Å²) in [6.45, 7) is 3.51. The highest BCUT2D eigenvalue weighted by Crippen LogP contribution is 2.36. The molecule has 0 spiro atoms. The summed E-state index contributed by atoms with van der Waals surface area (Å²) in [7, 11) is 0. The lowest BCUT2D eigenvalue weighted by molar-refractivity contribution is 0.146. The summed E-state index contributed by atoms with van der Waals surface area (Å²) in [5.41, 5.74) is 2.26. The number of amides is 2. The fraction of sp³-hybridized carbons (Fsp3) is 0.524. The van der Waals surface area contributed by atoms with E-state index in [9.17, 15) is 4.79 Å². The Labute approximate surface area is 170 Å². The van der Waals surface area contributed by atoms with E-state index in [4.69, 9.17) is 16.6 Å². The van der Waals surface area contributed by atoms with Gasteiger partial charge in [-0.3, -0.25) is 9.80 Å². The lowest BCUT2D eigenvalue weighted by atomic mass is 9.84. The molecule has 2 amide bonds. The summed E-state index contributed by atoms with van der Waals surface area (Å²) in [4.78, 5) is 22.0. The van der Waals surface area contributed by atoms with Crippen LogP contribution in [-0.4, -0.2) is 47.0 Å². The van der Waals surface area contributed by atoms with Crippen molar-refractivity contribution in [1.29, 1.82) is 0 Å². The van der Waals surface area contributed by atoms with Gasteiger partial charge in [0.05, 0.1) is 0 Å². The van der Waals surface area contributed by atoms with Crippen LogP contribution in [0, 0.1) is 5.92 Å². The van der Waals surface area contributed by atoms with E-state index in [1.54, 1.807) is 0 Å². The summed E-state index contributed by atoms with van der Waals surface area (Å²) in [5.74, 6) is 2.51. The van der Waals surface area contributed by atoms with Crippen molar-refractivity contribution in [3.05, 3.63) is 46.4 Å². The molecule has 6 nitrogen and oxygen atoms in total. The minimum atomic E-state index is -0.198. The summed E-state index contributed by atoms with van der Waals surface area (Å²) >= 11 is 6.01. The Bertz CT molecular complexity index is 845. The van der Waals surface area contributed by atoms with Crippen LogP contribution in [0.5, 0.6) is 0 Å². The van der Waals surface area contributed by atoms with E-state index in [-0.39, 0.29) is 18.2 Å². The molecule has 0 aromatic heterocycles. The van der Waals surface area contributed by atoms with Gasteiger partial charge in [0.1, 0.15) is 17.4 Å². The van der Waals surface area contributed by atoms with Crippen LogP contribution in [0.4, 0.5) is 4.79 Å². The largest absolute Gasteiger partial charge is 0.365 e. The highest BCUT2D eigenvalue weighted by Gasteiger charge is 2.47. The number of rotatable bonds is 5. The second kappa shape index (κ2) is 6.99. The molecule has 2 atom stereocenters. The van der Waals surface area contributed by atoms with Crippen molar-refractivity contribution >= 4 is 23.5 Å². The van der Waals surface area contributed by atoms with E-state index in [0.717, 1.165) is 41.8 Å². The second-order valence-corrected chi connectivity index (χ2v) is 8.60. The maximum absolute atomic E-state index is 13.2. The molecule has 2 N–H and O–H groups in total. The van der Waals surface area contributed by atoms with Gasteiger partial charge in [-0.05, 0) is 43.4 Å². The molecule has 7 heteroatoms. The average Bonchev–Trinajstić information content (AvgIpc) is 3.24. The van der Waals surface area contributed by atoms with E-state index >= 15 is 0 Å². The smallest absolute Gasteiger partial charge is 0.327 e. The Balaban J connectivity index is 1.41. The SMILES string of the molecule is CCCN1C(=O)N2CC(Cc3ccc(Cl)cc3)NC2=C2NC(C3CCC3)=NC21. The van der Waals surface area contributed by atoms with Gasteiger partial charge in [-0.25, -0.2) is 9.79 Å². The summed E-state index contributed by atoms with van der Waals surface area (Å²) in [6.07, 6.45) is 5.24. The van der Waals surface area contributed by atoms with Crippen LogP contribution in [0.3, 0.4) is 0 Å². The number of hydrogen-bond donors (Lipinski definition) is 2. The summed E-state index contributed by atoms with van der Waals surface area (Å²) in [6, 6.07) is 8.20. The van der Waals surface area contributed by atoms with Gasteiger partial charge < -0.3 is 10.6 Å². The minimum Gasteiger partial charge on any atom is -0.365 e. The molecule has 2 unspecified atom stereocenters. The van der Waals surface area contributed by atoms with Gasteiger partial charge >= 0.3 is 6.03 Å². The quantitative estimate of drug-likeness (QED) is 0.798. The van der Waals surface area contributed by atoms with Crippen LogP contribution in [0.15, 0.2) is 40.8 Å². The maximum Gasteiger partial charge on any atom is 0.327 e. The number of nitrogens with zero attached hydrogens (tertiary/aromatic N) is 3. The van der Waals surface area contributed by atoms with Crippen molar-refractivity contribution in [3.8, 4) is 0 Å². The number of nitrogens with one attached hydrogen (secondary N) is 2. The topological polar surface area (TPSA) is 60.0 Å². The van der Waals surface area contributed by atoms with E-state index in [1.165, 1.54) is 24.8 Å². The zero-order chi connectivity index (χ0) is 19.3. The molecule has 28 heavy (non-hydrogen) atoms. The fourth-order valence-corrected chi connectivity index (χ4v) is 4.62. The van der Waals surface area contributed by atoms with Gasteiger partial charge in [-0.1, -0.05) is 37.1 Å². The molecule has 4 aliphatic rings. The first-order valence-corrected chi connectivity index (χ1v) is 10.7. The number of amidine groups is 1. The Morgan fingerprint density at radius 2 is 2.04 bits per heavy atom. The van der Waals surface area contributed by atoms with E-state index in [0.29, 0.717) is 12.5 Å². The Hall–Kier alpha value is -2.21. The molecule has 1 saturated carbocycles. The van der Waals surface area contributed by atoms with Crippen molar-refractivity contribution in [2.75, 3.05) is 13.1 Å². The molecule has 3 heterocycles. The first-order chi connectivity index (χ1) is 13.6. The van der Waals surface area contributed by atoms with Gasteiger partial charge in [0.2, 0.25) is 0 Å². The van der Waals surface area contributed by atoms with Gasteiger partial charge in [0, 0.05) is 30.1 Å². The highest BCUT2D eigenvalue weighted by atomic mass is 35.5. The van der Waals surface area contributed by atoms with Crippen molar-refractivity contribution in [2.45, 2.75) is 51.2 Å². The average molecular weight is 400 g/mol. The molecule has 148 valence electrons. The number of carbonyl (C=O) groups is 1. The first kappa shape index (κ1) is 17.9. The van der Waals surface area contributed by atoms with E-state index in [1.807, 2.05) is 21.9 Å². The molecule has 1 saturated heterocycles. The van der Waals surface area contributed by atoms with Crippen molar-refractivity contribution in [3.63, 3.8) is 0 Å². The normalized spacial score (nSPS) is 26.5. The van der Waals surface area contributed by atoms with Crippen LogP contribution < -0.4 is 10.6 Å². The third kappa shape index (κ3) is 2.94. The van der Waals surface area contributed by atoms with Crippen LogP contribution in [0.1, 0.15) is 38.2 Å². The van der Waals surface area contributed by atoms with Crippen molar-refractivity contribution in [2.24, 2.45) is 10.9 Å². The molecule has 2 fully saturated rings. The van der Waals surface area contributed by atoms with Gasteiger partial charge in [-0.15, -0.1) is 0 Å². The van der Waals surface area contributed by atoms with E-state index in [2.05, 4.69) is 29.7 Å². The van der Waals surface area contributed by atoms with Gasteiger partial charge in [0.15, 0.2) is 6.17 Å². The van der Waals surface area contributed by atoms with Crippen LogP contribution >= 0.6 is 11.6 Å². The highest BCUT2D eigenvalue weighted by molar-refractivity contribution is 6.30. The minimum absolute atomic E-state index is 0.0668. The summed E-state index contributed by atoms with van der Waals surface area (Å²) < 4.78 is 0. The number of halogens is 1. The zero-order valence-corrected chi connectivity index (χ0v) is 16.9. The number of aliphatic imine (C=N–C) groups is 1. The Morgan fingerprint density at radius 3 is 2.71 bits per heavy atom. The predicted octanol–water partition coefficient (Wildman–Crippen LogP) is 3.30. The third-order valence-electron chi connectivity index (χ3n) is 6.17. The standard InChI is InChI=1S/C21H26ClN5O/c1-2-10-26-20-17(24-18(25-20)14-4-3-5-14)19-23-16(12-27(19)21(26)28)11-13-6-8-15(22)9-7-13/h6-9,14,16,20,23H,2-5,10-12H2,1H3,(H,24,25). The van der Waals surface area contributed by atoms with Gasteiger partial charge in [0.25, 0.3) is 0 Å². The lowest BCUT2D eigenvalue weighted by Gasteiger charge is -2.36. The number of urea groups is 1. The van der Waals surface area contributed by atoms with Crippen LogP contribution in [-0.2, 0) is 6.42 Å². The van der Waals surface area contributed by atoms with Crippen molar-refractivity contribution < 1.29 is 4.79 Å². The molecule has 1 aromatic carbocycles. The number of fused-ring (bicyclic) bond motifs is 2. The number of hydrogen-bond acceptors (Lipinski definition) is 4. The maximum atomic E-state index is 13.2. The molecule has 1 aliphatic carbocycles. The summed E-state index contributed by atoms with van der Waals surface area (Å²) in [5, 5.41) is 7.93. The third-order valence-corrected chi connectivity index (χ3v) is 6.43. The van der Waals surface area contributed by atoms with Gasteiger partial charge in [-0.2, -0.15) is 0 Å². The molecule has 5 rings (SSSR count). The van der Waals surface area contributed by atoms with Crippen LogP contribution in [0.25, 0.3) is 0 Å². The van der Waals surface area contributed by atoms with Crippen LogP contribution in [0.2, 0.25) is 5.02 Å². The first-order valence-electron chi connectivity index (χ1n) is 10.3. The molecular formula is C21H26ClN5O. The second-order valence-electron chi connectivity index (χ2n) is 8.16. The molecule has 0 bridgehead atoms. The van der Waals surface area contributed by atoms with E-state index < -0.39 is 0 Å². The number of benzene rings is 1. The fourth-order valence-electron chi connectivity index (χ4n) is 4.49. The molecule has 1 aromatic rings.